The molecule has 7 rings (SSSR count). The Bertz CT molecular complexity index is 2190. The number of ether oxygens (including phenoxy) is 3. The van der Waals surface area contributed by atoms with E-state index in [1.54, 1.807) is 51.1 Å². The number of amides is 3. The number of aromatic amines is 1. The van der Waals surface area contributed by atoms with Crippen LogP contribution in [-0.4, -0.2) is 163 Å². The smallest absolute Gasteiger partial charge is 0.410 e. The summed E-state index contributed by atoms with van der Waals surface area (Å²) in [7, 11) is 0. The summed E-state index contributed by atoms with van der Waals surface area (Å²) >= 11 is 0. The van der Waals surface area contributed by atoms with Crippen LogP contribution in [0.3, 0.4) is 0 Å². The molecule has 4 fully saturated rings. The number of halogens is 1. The van der Waals surface area contributed by atoms with E-state index in [4.69, 9.17) is 14.2 Å². The van der Waals surface area contributed by atoms with Crippen molar-refractivity contribution in [1.82, 2.24) is 40.4 Å². The number of fused-ring (bicyclic) bond motifs is 1. The van der Waals surface area contributed by atoms with Crippen molar-refractivity contribution in [3.05, 3.63) is 113 Å². The molecular weight excluding hydrogens is 928 g/mol. The third-order valence-electron chi connectivity index (χ3n) is 12.8. The molecule has 3 N–H and O–H groups in total. The minimum absolute atomic E-state index is 0. The number of aromatic nitrogens is 2. The topological polar surface area (TPSA) is 162 Å². The monoisotopic (exact) mass is 1020 g/mol. The number of carbonyl (C=O) groups excluding carboxylic acids is 3. The lowest BCUT2D eigenvalue weighted by atomic mass is 10.0. The summed E-state index contributed by atoms with van der Waals surface area (Å²) in [6, 6.07) is 11.6. The van der Waals surface area contributed by atoms with Gasteiger partial charge in [-0.3, -0.25) is 19.3 Å². The molecule has 4 saturated heterocycles. The van der Waals surface area contributed by atoms with Crippen molar-refractivity contribution < 1.29 is 33.0 Å². The fraction of sp³-hybridized carbons (Fsp3) is 0.596. The Kier molecular flexibility index (Phi) is 27.9. The molecule has 0 aliphatic carbocycles. The molecule has 3 aromatic rings. The number of piperidine rings is 3. The second kappa shape index (κ2) is 32.8. The molecule has 3 amide bonds. The second-order valence-corrected chi connectivity index (χ2v) is 19.4. The molecule has 1 aromatic heterocycles. The van der Waals surface area contributed by atoms with Gasteiger partial charge in [0.25, 0.3) is 11.5 Å². The van der Waals surface area contributed by atoms with E-state index in [9.17, 15) is 23.6 Å². The molecule has 0 radical (unpaired) electrons. The van der Waals surface area contributed by atoms with Crippen molar-refractivity contribution in [2.45, 2.75) is 137 Å². The number of likely N-dealkylation sites (tertiary alicyclic amines) is 1. The van der Waals surface area contributed by atoms with Crippen LogP contribution in [0.25, 0.3) is 10.8 Å². The van der Waals surface area contributed by atoms with E-state index in [-0.39, 0.29) is 42.8 Å². The van der Waals surface area contributed by atoms with Crippen LogP contribution < -0.4 is 16.2 Å². The van der Waals surface area contributed by atoms with Gasteiger partial charge >= 0.3 is 6.09 Å². The van der Waals surface area contributed by atoms with Gasteiger partial charge in [0.15, 0.2) is 0 Å². The van der Waals surface area contributed by atoms with Gasteiger partial charge in [0.2, 0.25) is 5.91 Å². The van der Waals surface area contributed by atoms with E-state index in [0.717, 1.165) is 52.1 Å². The van der Waals surface area contributed by atoms with Gasteiger partial charge in [0.1, 0.15) is 11.4 Å². The lowest BCUT2D eigenvalue weighted by molar-refractivity contribution is -0.134. The average Bonchev–Trinajstić information content (AvgIpc) is 3.39. The van der Waals surface area contributed by atoms with Crippen LogP contribution in [0.2, 0.25) is 0 Å². The van der Waals surface area contributed by atoms with Crippen LogP contribution in [0.4, 0.5) is 9.18 Å². The first kappa shape index (κ1) is 62.0. The fourth-order valence-electron chi connectivity index (χ4n) is 8.90. The Morgan fingerprint density at radius 3 is 1.95 bits per heavy atom. The normalized spacial score (nSPS) is 17.4. The van der Waals surface area contributed by atoms with Crippen LogP contribution in [-0.2, 0) is 25.4 Å². The number of rotatable bonds is 15. The van der Waals surface area contributed by atoms with Crippen molar-refractivity contribution in [1.29, 1.82) is 0 Å². The first-order chi connectivity index (χ1) is 34.7. The molecule has 1 atom stereocenters. The summed E-state index contributed by atoms with van der Waals surface area (Å²) in [5.41, 5.74) is 0.489. The number of carbonyl (C=O) groups is 3. The van der Waals surface area contributed by atoms with Gasteiger partial charge in [0.05, 0.1) is 47.6 Å². The Morgan fingerprint density at radius 1 is 0.836 bits per heavy atom. The predicted molar refractivity (Wildman–Crippen MR) is 293 cm³/mol. The molecule has 4 aliphatic rings. The summed E-state index contributed by atoms with van der Waals surface area (Å²) in [5.74, 6) is -0.998. The summed E-state index contributed by atoms with van der Waals surface area (Å²) in [5, 5.41) is 14.7. The predicted octanol–water partition coefficient (Wildman–Crippen LogP) is 8.54. The summed E-state index contributed by atoms with van der Waals surface area (Å²) in [6.07, 6.45) is 15.4. The van der Waals surface area contributed by atoms with Gasteiger partial charge in [0, 0.05) is 64.2 Å². The Balaban J connectivity index is 0.000000529. The number of nitrogens with one attached hydrogen (secondary N) is 3. The van der Waals surface area contributed by atoms with Gasteiger partial charge in [-0.2, -0.15) is 5.10 Å². The highest BCUT2D eigenvalue weighted by molar-refractivity contribution is 5.95. The number of nitrogens with zero attached hydrogens (tertiary/aromatic N) is 5. The highest BCUT2D eigenvalue weighted by atomic mass is 19.1. The maximum atomic E-state index is 14.9. The molecule has 1 unspecified atom stereocenters. The van der Waals surface area contributed by atoms with Crippen LogP contribution >= 0.6 is 0 Å². The quantitative estimate of drug-likeness (QED) is 0.125. The Morgan fingerprint density at radius 2 is 1.40 bits per heavy atom. The minimum Gasteiger partial charge on any atom is -0.444 e. The van der Waals surface area contributed by atoms with E-state index < -0.39 is 17.3 Å². The lowest BCUT2D eigenvalue weighted by Crippen LogP contribution is -2.53. The van der Waals surface area contributed by atoms with Gasteiger partial charge in [-0.05, 0) is 130 Å². The number of hydrogen-bond donors (Lipinski definition) is 3. The highest BCUT2D eigenvalue weighted by Crippen LogP contribution is 2.22. The summed E-state index contributed by atoms with van der Waals surface area (Å²) < 4.78 is 32.8. The first-order valence-corrected chi connectivity index (χ1v) is 26.3. The SMILES string of the molecule is C.C1CC(OC2CCNCC2)CCN1.C=C/C=C\C=C.CC.CCN(CCC(C)OC1CCN(CC(=O)N2CCN(C(=O)c3cc(Cc4n[nH]c(=O)c5ccccc45)ccc3F)CC2)CC1)C(=O)OC(C)(C)C. The van der Waals surface area contributed by atoms with E-state index in [2.05, 4.69) is 38.9 Å². The van der Waals surface area contributed by atoms with Crippen LogP contribution in [0, 0.1) is 5.82 Å². The number of benzene rings is 2. The minimum atomic E-state index is -0.605. The average molecular weight is 1020 g/mol. The van der Waals surface area contributed by atoms with Gasteiger partial charge in [-0.25, -0.2) is 14.3 Å². The van der Waals surface area contributed by atoms with E-state index in [1.165, 1.54) is 31.7 Å². The van der Waals surface area contributed by atoms with Crippen molar-refractivity contribution in [2.24, 2.45) is 0 Å². The van der Waals surface area contributed by atoms with Crippen molar-refractivity contribution >= 4 is 28.7 Å². The fourth-order valence-corrected chi connectivity index (χ4v) is 8.90. The van der Waals surface area contributed by atoms with Crippen LogP contribution in [0.1, 0.15) is 122 Å². The van der Waals surface area contributed by atoms with Gasteiger partial charge in [-0.15, -0.1) is 0 Å². The second-order valence-electron chi connectivity index (χ2n) is 19.4. The first-order valence-electron chi connectivity index (χ1n) is 26.3. The van der Waals surface area contributed by atoms with Crippen molar-refractivity contribution in [2.75, 3.05) is 85.1 Å². The maximum Gasteiger partial charge on any atom is 0.410 e. The zero-order valence-electron chi connectivity index (χ0n) is 44.4. The standard InChI is InChI=1S/C38H51FN6O6.C10H20N2O.C6H8.C2H6.CH4/c1-6-43(37(49)51-38(3,4)5)18-13-26(2)50-28-14-16-42(17-15-28)25-34(46)44-19-21-45(22-20-44)36(48)31-23-27(11-12-32(31)39)24-33-29-9-7-8-10-30(29)35(47)41-40-33;1-5-11-6-2-9(1)13-10-3-7-12-8-4-10;1-3-5-6-4-2;1-2;/h7-12,23,26,28H,6,13-22,24-25H2,1-5H3,(H,41,47);9-12H,1-8H2;3-6H,1-2H2;1-2H3;1H4/b;;6-5-;;. The molecule has 15 nitrogen and oxygen atoms in total. The molecule has 406 valence electrons. The molecule has 5 heterocycles. The zero-order chi connectivity index (χ0) is 52.5. The van der Waals surface area contributed by atoms with Gasteiger partial charge < -0.3 is 39.5 Å². The Labute approximate surface area is 435 Å². The molecule has 16 heteroatoms. The number of hydrogen-bond acceptors (Lipinski definition) is 11. The largest absolute Gasteiger partial charge is 0.444 e. The number of piperazine rings is 1. The van der Waals surface area contributed by atoms with Crippen LogP contribution in [0.5, 0.6) is 0 Å². The van der Waals surface area contributed by atoms with Gasteiger partial charge in [-0.1, -0.05) is 83.0 Å². The highest BCUT2D eigenvalue weighted by Gasteiger charge is 2.30. The number of allylic oxidation sites excluding steroid dienone is 4. The molecule has 0 saturated carbocycles. The van der Waals surface area contributed by atoms with E-state index >= 15 is 0 Å². The number of H-pyrrole nitrogens is 1. The lowest BCUT2D eigenvalue weighted by Gasteiger charge is -2.37. The van der Waals surface area contributed by atoms with E-state index in [1.807, 2.05) is 72.8 Å². The third kappa shape index (κ3) is 21.2. The molecule has 0 bridgehead atoms. The molecule has 0 spiro atoms. The third-order valence-corrected chi connectivity index (χ3v) is 12.8. The summed E-state index contributed by atoms with van der Waals surface area (Å²) in [6.45, 7) is 29.4. The molecule has 73 heavy (non-hydrogen) atoms. The Hall–Kier alpha value is -5.26. The maximum absolute atomic E-state index is 14.9. The van der Waals surface area contributed by atoms with Crippen molar-refractivity contribution in [3.63, 3.8) is 0 Å². The zero-order valence-corrected chi connectivity index (χ0v) is 44.4. The molecule has 2 aromatic carbocycles. The molecule has 4 aliphatic heterocycles. The van der Waals surface area contributed by atoms with Crippen molar-refractivity contribution in [3.8, 4) is 0 Å². The van der Waals surface area contributed by atoms with E-state index in [0.29, 0.717) is 92.9 Å². The molecular formula is C57H89FN8O7. The van der Waals surface area contributed by atoms with Crippen LogP contribution in [0.15, 0.2) is 84.7 Å². The summed E-state index contributed by atoms with van der Waals surface area (Å²) in [4.78, 5) is 58.5.